The lowest BCUT2D eigenvalue weighted by molar-refractivity contribution is 0.00973. The van der Waals surface area contributed by atoms with Crippen molar-refractivity contribution in [1.29, 1.82) is 0 Å². The van der Waals surface area contributed by atoms with Crippen LogP contribution in [0.3, 0.4) is 0 Å². The highest BCUT2D eigenvalue weighted by molar-refractivity contribution is 5.94. The number of aromatic nitrogens is 2. The van der Waals surface area contributed by atoms with E-state index in [0.29, 0.717) is 12.1 Å². The van der Waals surface area contributed by atoms with Crippen molar-refractivity contribution in [3.63, 3.8) is 0 Å². The smallest absolute Gasteiger partial charge is 0.336 e. The normalized spacial score (nSPS) is 11.7. The first-order chi connectivity index (χ1) is 9.76. The molecule has 6 nitrogen and oxygen atoms in total. The predicted octanol–water partition coefficient (Wildman–Crippen LogP) is 2.59. The molecule has 0 aliphatic rings. The summed E-state index contributed by atoms with van der Waals surface area (Å²) in [6.45, 7) is 3.34. The Labute approximate surface area is 118 Å². The van der Waals surface area contributed by atoms with Crippen molar-refractivity contribution in [2.45, 2.75) is 19.4 Å². The number of rotatable bonds is 4. The van der Waals surface area contributed by atoms with Crippen LogP contribution in [0.15, 0.2) is 16.7 Å². The van der Waals surface area contributed by atoms with Gasteiger partial charge in [0, 0.05) is 7.11 Å². The number of carbonyl (C=O) groups is 1. The van der Waals surface area contributed by atoms with E-state index in [-0.39, 0.29) is 17.3 Å². The van der Waals surface area contributed by atoms with Gasteiger partial charge in [-0.3, -0.25) is 0 Å². The Kier molecular flexibility index (Phi) is 3.73. The number of benzene rings is 1. The quantitative estimate of drug-likeness (QED) is 0.933. The lowest BCUT2D eigenvalue weighted by atomic mass is 10.1. The molecule has 1 aromatic heterocycles. The summed E-state index contributed by atoms with van der Waals surface area (Å²) < 4.78 is 36.6. The van der Waals surface area contributed by atoms with E-state index in [1.165, 1.54) is 7.11 Å². The van der Waals surface area contributed by atoms with Crippen LogP contribution in [0.5, 0.6) is 0 Å². The molecule has 0 saturated heterocycles. The van der Waals surface area contributed by atoms with Crippen LogP contribution in [0.1, 0.15) is 30.0 Å². The Morgan fingerprint density at radius 3 is 2.52 bits per heavy atom. The molecule has 0 saturated carbocycles. The van der Waals surface area contributed by atoms with Crippen LogP contribution in [-0.4, -0.2) is 28.3 Å². The molecular formula is C13H12F2N2O4. The van der Waals surface area contributed by atoms with Crippen LogP contribution in [0.2, 0.25) is 0 Å². The van der Waals surface area contributed by atoms with Gasteiger partial charge in [-0.2, -0.15) is 4.98 Å². The molecule has 0 bridgehead atoms. The van der Waals surface area contributed by atoms with E-state index in [9.17, 15) is 13.6 Å². The Hall–Kier alpha value is -2.35. The third kappa shape index (κ3) is 2.75. The molecule has 1 N–H and O–H groups in total. The number of hydrogen-bond donors (Lipinski definition) is 1. The van der Waals surface area contributed by atoms with E-state index in [1.807, 2.05) is 0 Å². The maximum absolute atomic E-state index is 13.3. The molecule has 0 amide bonds. The maximum Gasteiger partial charge on any atom is 0.336 e. The van der Waals surface area contributed by atoms with Gasteiger partial charge in [-0.1, -0.05) is 5.16 Å². The van der Waals surface area contributed by atoms with Crippen molar-refractivity contribution in [3.8, 4) is 11.5 Å². The van der Waals surface area contributed by atoms with Gasteiger partial charge in [0.05, 0.1) is 11.1 Å². The summed E-state index contributed by atoms with van der Waals surface area (Å²) in [5, 5.41) is 12.7. The Bertz CT molecular complexity index is 697. The first-order valence-electron chi connectivity index (χ1n) is 5.88. The zero-order valence-corrected chi connectivity index (χ0v) is 11.5. The number of carboxylic acids is 1. The van der Waals surface area contributed by atoms with Crippen LogP contribution in [0.25, 0.3) is 11.5 Å². The Balaban J connectivity index is 2.57. The van der Waals surface area contributed by atoms with Gasteiger partial charge in [0.2, 0.25) is 5.82 Å². The van der Waals surface area contributed by atoms with Gasteiger partial charge in [0.15, 0.2) is 11.6 Å². The number of aromatic carboxylic acids is 1. The molecule has 0 unspecified atom stereocenters. The standard InChI is InChI=1S/C13H12F2N2O4/c1-13(2,20-3)12-16-10(21-17-12)6-4-8(14)9(15)5-7(6)11(18)19/h4-5H,1-3H3,(H,18,19). The molecule has 1 aromatic carbocycles. The number of nitrogens with zero attached hydrogens (tertiary/aromatic N) is 2. The molecule has 21 heavy (non-hydrogen) atoms. The minimum absolute atomic E-state index is 0.154. The zero-order chi connectivity index (χ0) is 15.8. The largest absolute Gasteiger partial charge is 0.478 e. The van der Waals surface area contributed by atoms with Crippen LogP contribution >= 0.6 is 0 Å². The Morgan fingerprint density at radius 1 is 1.33 bits per heavy atom. The van der Waals surface area contributed by atoms with Crippen LogP contribution in [0.4, 0.5) is 8.78 Å². The summed E-state index contributed by atoms with van der Waals surface area (Å²) in [7, 11) is 1.44. The summed E-state index contributed by atoms with van der Waals surface area (Å²) in [6.07, 6.45) is 0. The zero-order valence-electron chi connectivity index (χ0n) is 11.5. The van der Waals surface area contributed by atoms with E-state index in [0.717, 1.165) is 0 Å². The second-order valence-corrected chi connectivity index (χ2v) is 4.75. The van der Waals surface area contributed by atoms with Gasteiger partial charge in [0.1, 0.15) is 5.60 Å². The van der Waals surface area contributed by atoms with E-state index < -0.39 is 28.8 Å². The van der Waals surface area contributed by atoms with Crippen molar-refractivity contribution in [2.24, 2.45) is 0 Å². The third-order valence-corrected chi connectivity index (χ3v) is 3.00. The van der Waals surface area contributed by atoms with E-state index >= 15 is 0 Å². The molecule has 2 aromatic rings. The van der Waals surface area contributed by atoms with E-state index in [4.69, 9.17) is 14.4 Å². The van der Waals surface area contributed by atoms with Crippen molar-refractivity contribution in [3.05, 3.63) is 35.2 Å². The van der Waals surface area contributed by atoms with Gasteiger partial charge < -0.3 is 14.4 Å². The molecule has 0 radical (unpaired) electrons. The second-order valence-electron chi connectivity index (χ2n) is 4.75. The third-order valence-electron chi connectivity index (χ3n) is 3.00. The number of hydrogen-bond acceptors (Lipinski definition) is 5. The van der Waals surface area contributed by atoms with Gasteiger partial charge in [-0.05, 0) is 26.0 Å². The lowest BCUT2D eigenvalue weighted by Gasteiger charge is -2.17. The van der Waals surface area contributed by atoms with Crippen molar-refractivity contribution < 1.29 is 27.9 Å². The molecule has 0 aliphatic carbocycles. The van der Waals surface area contributed by atoms with E-state index in [2.05, 4.69) is 10.1 Å². The fourth-order valence-corrected chi connectivity index (χ4v) is 1.57. The predicted molar refractivity (Wildman–Crippen MR) is 66.6 cm³/mol. The number of carboxylic acid groups (broad SMARTS) is 1. The molecule has 0 fully saturated rings. The lowest BCUT2D eigenvalue weighted by Crippen LogP contribution is -2.21. The summed E-state index contributed by atoms with van der Waals surface area (Å²) in [6, 6.07) is 1.27. The highest BCUT2D eigenvalue weighted by Gasteiger charge is 2.28. The summed E-state index contributed by atoms with van der Waals surface area (Å²) >= 11 is 0. The first-order valence-corrected chi connectivity index (χ1v) is 5.88. The fourth-order valence-electron chi connectivity index (χ4n) is 1.57. The molecule has 0 aliphatic heterocycles. The maximum atomic E-state index is 13.3. The average Bonchev–Trinajstić information content (AvgIpc) is 2.91. The minimum atomic E-state index is -1.44. The van der Waals surface area contributed by atoms with Crippen LogP contribution in [0, 0.1) is 11.6 Å². The molecular weight excluding hydrogens is 286 g/mol. The van der Waals surface area contributed by atoms with Crippen LogP contribution in [-0.2, 0) is 10.3 Å². The summed E-state index contributed by atoms with van der Waals surface area (Å²) in [5.41, 5.74) is -1.55. The molecule has 2 rings (SSSR count). The van der Waals surface area contributed by atoms with Gasteiger partial charge in [-0.15, -0.1) is 0 Å². The van der Waals surface area contributed by atoms with Crippen LogP contribution < -0.4 is 0 Å². The molecule has 0 atom stereocenters. The fraction of sp³-hybridized carbons (Fsp3) is 0.308. The highest BCUT2D eigenvalue weighted by Crippen LogP contribution is 2.28. The molecule has 0 spiro atoms. The number of halogens is 2. The van der Waals surface area contributed by atoms with Gasteiger partial charge >= 0.3 is 5.97 Å². The number of ether oxygens (including phenoxy) is 1. The van der Waals surface area contributed by atoms with Crippen molar-refractivity contribution in [1.82, 2.24) is 10.1 Å². The average molecular weight is 298 g/mol. The van der Waals surface area contributed by atoms with Crippen molar-refractivity contribution in [2.75, 3.05) is 7.11 Å². The van der Waals surface area contributed by atoms with Crippen molar-refractivity contribution >= 4 is 5.97 Å². The van der Waals surface area contributed by atoms with E-state index in [1.54, 1.807) is 13.8 Å². The summed E-state index contributed by atoms with van der Waals surface area (Å²) in [4.78, 5) is 15.1. The molecule has 112 valence electrons. The number of methoxy groups -OCH3 is 1. The first kappa shape index (κ1) is 15.0. The molecule has 8 heteroatoms. The monoisotopic (exact) mass is 298 g/mol. The minimum Gasteiger partial charge on any atom is -0.478 e. The van der Waals surface area contributed by atoms with Gasteiger partial charge in [-0.25, -0.2) is 13.6 Å². The Morgan fingerprint density at radius 2 is 1.95 bits per heavy atom. The van der Waals surface area contributed by atoms with Gasteiger partial charge in [0.25, 0.3) is 5.89 Å². The summed E-state index contributed by atoms with van der Waals surface area (Å²) in [5.74, 6) is -3.99. The molecule has 1 heterocycles. The highest BCUT2D eigenvalue weighted by atomic mass is 19.2. The SMILES string of the molecule is COC(C)(C)c1noc(-c2cc(F)c(F)cc2C(=O)O)n1. The topological polar surface area (TPSA) is 85.5 Å². The second kappa shape index (κ2) is 5.21.